The van der Waals surface area contributed by atoms with E-state index in [1.54, 1.807) is 0 Å². The number of hydrogen-bond donors (Lipinski definition) is 1. The summed E-state index contributed by atoms with van der Waals surface area (Å²) in [6.07, 6.45) is 11.2. The number of nitrogens with zero attached hydrogens (tertiary/aromatic N) is 2. The van der Waals surface area contributed by atoms with Crippen molar-refractivity contribution in [3.05, 3.63) is 113 Å². The molecular formula is C31H33N3O. The Morgan fingerprint density at radius 2 is 1.69 bits per heavy atom. The van der Waals surface area contributed by atoms with Crippen molar-refractivity contribution in [1.82, 2.24) is 15.1 Å². The quantitative estimate of drug-likeness (QED) is 0.275. The summed E-state index contributed by atoms with van der Waals surface area (Å²) in [6.45, 7) is 1.50. The van der Waals surface area contributed by atoms with Gasteiger partial charge in [0.1, 0.15) is 0 Å². The van der Waals surface area contributed by atoms with Crippen LogP contribution in [0.3, 0.4) is 0 Å². The van der Waals surface area contributed by atoms with Crippen LogP contribution in [0, 0.1) is 0 Å². The lowest BCUT2D eigenvalue weighted by Gasteiger charge is -2.18. The third-order valence-corrected chi connectivity index (χ3v) is 6.98. The number of rotatable bonds is 9. The Bertz CT molecular complexity index is 1250. The first-order chi connectivity index (χ1) is 17.3. The van der Waals surface area contributed by atoms with Crippen LogP contribution in [0.25, 0.3) is 10.9 Å². The number of benzene rings is 3. The van der Waals surface area contributed by atoms with Gasteiger partial charge in [0.2, 0.25) is 0 Å². The lowest BCUT2D eigenvalue weighted by molar-refractivity contribution is 0.0954. The Hall–Kier alpha value is -3.66. The van der Waals surface area contributed by atoms with Crippen LogP contribution >= 0.6 is 0 Å². The highest BCUT2D eigenvalue weighted by molar-refractivity contribution is 5.97. The zero-order valence-electron chi connectivity index (χ0n) is 20.2. The average Bonchev–Trinajstić information content (AvgIpc) is 3.33. The molecule has 4 aromatic rings. The first-order valence-corrected chi connectivity index (χ1v) is 12.8. The molecule has 0 bridgehead atoms. The number of allylic oxidation sites excluding steroid dienone is 1. The molecule has 1 heterocycles. The van der Waals surface area contributed by atoms with Crippen molar-refractivity contribution >= 4 is 16.8 Å². The van der Waals surface area contributed by atoms with Gasteiger partial charge in [-0.1, -0.05) is 78.4 Å². The molecule has 0 fully saturated rings. The summed E-state index contributed by atoms with van der Waals surface area (Å²) < 4.78 is 2.01. The summed E-state index contributed by atoms with van der Waals surface area (Å²) in [7, 11) is 0. The fourth-order valence-corrected chi connectivity index (χ4v) is 5.05. The molecule has 1 aliphatic carbocycles. The van der Waals surface area contributed by atoms with Crippen molar-refractivity contribution in [3.8, 4) is 0 Å². The number of fused-ring (bicyclic) bond motifs is 1. The second-order valence-electron chi connectivity index (χ2n) is 9.44. The fraction of sp³-hybridized carbons (Fsp3) is 0.290. The van der Waals surface area contributed by atoms with Crippen molar-refractivity contribution < 1.29 is 4.79 Å². The van der Waals surface area contributed by atoms with Gasteiger partial charge in [0.25, 0.3) is 5.91 Å². The second-order valence-corrected chi connectivity index (χ2v) is 9.44. The van der Waals surface area contributed by atoms with Crippen LogP contribution in [0.5, 0.6) is 0 Å². The predicted molar refractivity (Wildman–Crippen MR) is 143 cm³/mol. The smallest absolute Gasteiger partial charge is 0.251 e. The van der Waals surface area contributed by atoms with Crippen LogP contribution in [0.1, 0.15) is 65.9 Å². The predicted octanol–water partition coefficient (Wildman–Crippen LogP) is 6.88. The largest absolute Gasteiger partial charge is 0.352 e. The topological polar surface area (TPSA) is 46.9 Å². The molecule has 178 valence electrons. The van der Waals surface area contributed by atoms with Gasteiger partial charge in [-0.2, -0.15) is 5.10 Å². The number of carbonyl (C=O) groups excluding carboxylic acids is 1. The van der Waals surface area contributed by atoms with E-state index < -0.39 is 0 Å². The maximum Gasteiger partial charge on any atom is 0.251 e. The van der Waals surface area contributed by atoms with Crippen LogP contribution < -0.4 is 5.32 Å². The molecule has 4 heteroatoms. The molecular weight excluding hydrogens is 430 g/mol. The van der Waals surface area contributed by atoms with Gasteiger partial charge in [0.05, 0.1) is 5.52 Å². The van der Waals surface area contributed by atoms with Gasteiger partial charge in [-0.05, 0) is 61.8 Å². The average molecular weight is 464 g/mol. The minimum atomic E-state index is -0.0221. The van der Waals surface area contributed by atoms with Crippen molar-refractivity contribution in [2.75, 3.05) is 6.54 Å². The molecule has 0 saturated heterocycles. The summed E-state index contributed by atoms with van der Waals surface area (Å²) in [5.74, 6) is 0.288. The molecule has 1 N–H and O–H groups in total. The highest BCUT2D eigenvalue weighted by Crippen LogP contribution is 2.28. The van der Waals surface area contributed by atoms with Crippen LogP contribution in [0.2, 0.25) is 0 Å². The lowest BCUT2D eigenvalue weighted by atomic mass is 9.88. The second kappa shape index (κ2) is 11.2. The Morgan fingerprint density at radius 1 is 0.943 bits per heavy atom. The van der Waals surface area contributed by atoms with E-state index in [1.165, 1.54) is 42.4 Å². The highest BCUT2D eigenvalue weighted by Gasteiger charge is 2.15. The third-order valence-electron chi connectivity index (χ3n) is 6.98. The molecule has 0 aliphatic heterocycles. The number of hydrogen-bond acceptors (Lipinski definition) is 2. The Balaban J connectivity index is 1.24. The van der Waals surface area contributed by atoms with Gasteiger partial charge >= 0.3 is 0 Å². The van der Waals surface area contributed by atoms with E-state index in [9.17, 15) is 4.79 Å². The van der Waals surface area contributed by atoms with Crippen molar-refractivity contribution in [2.24, 2.45) is 0 Å². The van der Waals surface area contributed by atoms with E-state index in [4.69, 9.17) is 5.10 Å². The first kappa shape index (κ1) is 23.1. The normalized spacial score (nSPS) is 13.7. The van der Waals surface area contributed by atoms with Crippen molar-refractivity contribution in [3.63, 3.8) is 0 Å². The standard InChI is InChI=1S/C31H33N3O/c35-31(32-20-18-24-10-4-1-5-11-24)27-16-17-28-23-34(33-30(28)22-27)21-19-29(25-12-6-2-7-13-25)26-14-8-3-9-15-26/h2-3,6-10,12-17,22-23,29H,1,4-5,11,18-21H2,(H,32,35). The Labute approximate surface area is 207 Å². The van der Waals surface area contributed by atoms with Gasteiger partial charge in [0.15, 0.2) is 0 Å². The van der Waals surface area contributed by atoms with Gasteiger partial charge in [0, 0.05) is 36.2 Å². The third kappa shape index (κ3) is 5.89. The van der Waals surface area contributed by atoms with Crippen molar-refractivity contribution in [2.45, 2.75) is 51.0 Å². The van der Waals surface area contributed by atoms with Crippen LogP contribution in [0.4, 0.5) is 0 Å². The first-order valence-electron chi connectivity index (χ1n) is 12.8. The molecule has 5 rings (SSSR count). The van der Waals surface area contributed by atoms with E-state index in [2.05, 4.69) is 78.3 Å². The number of amides is 1. The molecule has 0 atom stereocenters. The molecule has 0 spiro atoms. The van der Waals surface area contributed by atoms with Crippen molar-refractivity contribution in [1.29, 1.82) is 0 Å². The summed E-state index contributed by atoms with van der Waals surface area (Å²) in [5, 5.41) is 8.94. The molecule has 0 saturated carbocycles. The monoisotopic (exact) mass is 463 g/mol. The molecule has 0 radical (unpaired) electrons. The molecule has 35 heavy (non-hydrogen) atoms. The number of aromatic nitrogens is 2. The molecule has 4 nitrogen and oxygen atoms in total. The van der Waals surface area contributed by atoms with Gasteiger partial charge < -0.3 is 5.32 Å². The maximum absolute atomic E-state index is 12.7. The van der Waals surface area contributed by atoms with Crippen LogP contribution in [0.15, 0.2) is 96.7 Å². The Morgan fingerprint density at radius 3 is 2.37 bits per heavy atom. The lowest BCUT2D eigenvalue weighted by Crippen LogP contribution is -2.24. The molecule has 1 amide bonds. The molecule has 1 aliphatic rings. The SMILES string of the molecule is O=C(NCCC1=CCCCC1)c1ccc2cn(CCC(c3ccccc3)c3ccccc3)nc2c1. The summed E-state index contributed by atoms with van der Waals surface area (Å²) in [4.78, 5) is 12.7. The van der Waals surface area contributed by atoms with Crippen LogP contribution in [-0.4, -0.2) is 22.2 Å². The minimum absolute atomic E-state index is 0.0221. The van der Waals surface area contributed by atoms with E-state index in [1.807, 2.05) is 22.9 Å². The van der Waals surface area contributed by atoms with E-state index in [-0.39, 0.29) is 5.91 Å². The number of aryl methyl sites for hydroxylation is 1. The number of nitrogens with one attached hydrogen (secondary N) is 1. The molecule has 1 aromatic heterocycles. The fourth-order valence-electron chi connectivity index (χ4n) is 5.05. The zero-order valence-corrected chi connectivity index (χ0v) is 20.2. The van der Waals surface area contributed by atoms with Gasteiger partial charge in [-0.15, -0.1) is 0 Å². The van der Waals surface area contributed by atoms with Gasteiger partial charge in [-0.3, -0.25) is 9.48 Å². The molecule has 0 unspecified atom stereocenters. The Kier molecular flexibility index (Phi) is 7.38. The maximum atomic E-state index is 12.7. The van der Waals surface area contributed by atoms with E-state index >= 15 is 0 Å². The summed E-state index contributed by atoms with van der Waals surface area (Å²) >= 11 is 0. The minimum Gasteiger partial charge on any atom is -0.352 e. The highest BCUT2D eigenvalue weighted by atomic mass is 16.1. The zero-order chi connectivity index (χ0) is 23.9. The van der Waals surface area contributed by atoms with E-state index in [0.717, 1.165) is 30.3 Å². The summed E-state index contributed by atoms with van der Waals surface area (Å²) in [5.41, 5.74) is 5.65. The van der Waals surface area contributed by atoms with Gasteiger partial charge in [-0.25, -0.2) is 0 Å². The molecule has 3 aromatic carbocycles. The number of carbonyl (C=O) groups is 1. The van der Waals surface area contributed by atoms with E-state index in [0.29, 0.717) is 18.0 Å². The van der Waals surface area contributed by atoms with Crippen LogP contribution in [-0.2, 0) is 6.54 Å². The summed E-state index contributed by atoms with van der Waals surface area (Å²) in [6, 6.07) is 27.2.